The number of rotatable bonds is 9. The van der Waals surface area contributed by atoms with E-state index in [0.717, 1.165) is 24.3 Å². The van der Waals surface area contributed by atoms with Gasteiger partial charge in [0.25, 0.3) is 0 Å². The predicted octanol–water partition coefficient (Wildman–Crippen LogP) is 2.20. The molecule has 0 aromatic carbocycles. The van der Waals surface area contributed by atoms with Crippen molar-refractivity contribution in [2.45, 2.75) is 20.8 Å². The molecular weight excluding hydrogens is 344 g/mol. The van der Waals surface area contributed by atoms with Crippen LogP contribution in [0.4, 0.5) is 0 Å². The minimum Gasteiger partial charge on any atom is -0.478 e. The van der Waals surface area contributed by atoms with E-state index in [1.54, 1.807) is 20.8 Å². The van der Waals surface area contributed by atoms with Crippen LogP contribution in [0.25, 0.3) is 0 Å². The molecule has 0 radical (unpaired) electrons. The molecule has 142 valence electrons. The summed E-state index contributed by atoms with van der Waals surface area (Å²) >= 11 is 0. The molecule has 0 aliphatic carbocycles. The average Bonchev–Trinajstić information content (AvgIpc) is 2.46. The normalized spacial score (nSPS) is 16.3. The van der Waals surface area contributed by atoms with E-state index in [4.69, 9.17) is 20.4 Å². The molecule has 0 aliphatic heterocycles. The van der Waals surface area contributed by atoms with Crippen molar-refractivity contribution in [2.75, 3.05) is 0 Å². The van der Waals surface area contributed by atoms with Crippen LogP contribution in [0.1, 0.15) is 20.8 Å². The van der Waals surface area contributed by atoms with Gasteiger partial charge in [-0.05, 0) is 5.41 Å². The van der Waals surface area contributed by atoms with Gasteiger partial charge in [0.1, 0.15) is 0 Å². The number of allylic oxidation sites excluding steroid dienone is 4. The molecule has 0 aromatic heterocycles. The second-order valence-electron chi connectivity index (χ2n) is 6.45. The second kappa shape index (κ2) is 9.36. The Morgan fingerprint density at radius 2 is 0.962 bits per heavy atom. The Hall–Kier alpha value is -3.16. The lowest BCUT2D eigenvalue weighted by Gasteiger charge is -2.44. The largest absolute Gasteiger partial charge is 0.478 e. The first-order valence-electron chi connectivity index (χ1n) is 7.48. The Labute approximate surface area is 150 Å². The fraction of sp³-hybridized carbons (Fsp3) is 0.333. The van der Waals surface area contributed by atoms with Gasteiger partial charge in [-0.1, -0.05) is 45.1 Å². The van der Waals surface area contributed by atoms with Crippen molar-refractivity contribution in [1.82, 2.24) is 0 Å². The number of hydrogen-bond acceptors (Lipinski definition) is 4. The Morgan fingerprint density at radius 1 is 0.654 bits per heavy atom. The molecule has 1 atom stereocenters. The van der Waals surface area contributed by atoms with E-state index in [2.05, 4.69) is 0 Å². The van der Waals surface area contributed by atoms with Crippen molar-refractivity contribution >= 4 is 23.9 Å². The Bertz CT molecular complexity index is 626. The lowest BCUT2D eigenvalue weighted by Crippen LogP contribution is -2.38. The highest BCUT2D eigenvalue weighted by atomic mass is 16.4. The van der Waals surface area contributed by atoms with E-state index in [1.165, 1.54) is 24.3 Å². The van der Waals surface area contributed by atoms with Gasteiger partial charge in [0, 0.05) is 35.6 Å². The third-order valence-corrected chi connectivity index (χ3v) is 3.75. The van der Waals surface area contributed by atoms with Crippen molar-refractivity contribution in [3.8, 4) is 0 Å². The molecule has 0 bridgehead atoms. The lowest BCUT2D eigenvalue weighted by molar-refractivity contribution is -0.132. The van der Waals surface area contributed by atoms with Crippen LogP contribution in [-0.4, -0.2) is 44.3 Å². The average molecular weight is 366 g/mol. The summed E-state index contributed by atoms with van der Waals surface area (Å²) < 4.78 is 0. The third kappa shape index (κ3) is 7.16. The van der Waals surface area contributed by atoms with Crippen LogP contribution in [0, 0.1) is 16.7 Å². The summed E-state index contributed by atoms with van der Waals surface area (Å²) in [5, 5.41) is 35.8. The van der Waals surface area contributed by atoms with Crippen molar-refractivity contribution in [2.24, 2.45) is 16.7 Å². The molecule has 1 unspecified atom stereocenters. The highest BCUT2D eigenvalue weighted by molar-refractivity contribution is 5.82. The zero-order valence-electron chi connectivity index (χ0n) is 14.6. The van der Waals surface area contributed by atoms with Gasteiger partial charge in [0.05, 0.1) is 0 Å². The Morgan fingerprint density at radius 3 is 1.19 bits per heavy atom. The molecule has 26 heavy (non-hydrogen) atoms. The van der Waals surface area contributed by atoms with Crippen LogP contribution in [0.5, 0.6) is 0 Å². The third-order valence-electron chi connectivity index (χ3n) is 3.75. The van der Waals surface area contributed by atoms with Crippen LogP contribution < -0.4 is 0 Å². The van der Waals surface area contributed by atoms with Crippen molar-refractivity contribution in [3.05, 3.63) is 48.6 Å². The molecule has 0 aromatic rings. The molecule has 4 N–H and O–H groups in total. The maximum absolute atomic E-state index is 11.0. The molecule has 0 amide bonds. The first-order valence-corrected chi connectivity index (χ1v) is 7.48. The maximum Gasteiger partial charge on any atom is 0.328 e. The van der Waals surface area contributed by atoms with Crippen LogP contribution in [0.3, 0.4) is 0 Å². The molecule has 8 heteroatoms. The van der Waals surface area contributed by atoms with Gasteiger partial charge in [-0.3, -0.25) is 0 Å². The molecule has 8 nitrogen and oxygen atoms in total. The zero-order chi connectivity index (χ0) is 20.5. The summed E-state index contributed by atoms with van der Waals surface area (Å²) in [6.45, 7) is 5.09. The summed E-state index contributed by atoms with van der Waals surface area (Å²) in [7, 11) is 0. The second-order valence-corrected chi connectivity index (χ2v) is 6.45. The van der Waals surface area contributed by atoms with Crippen LogP contribution in [0.2, 0.25) is 0 Å². The predicted molar refractivity (Wildman–Crippen MR) is 92.5 cm³/mol. The quantitative estimate of drug-likeness (QED) is 0.454. The molecule has 0 rings (SSSR count). The van der Waals surface area contributed by atoms with E-state index < -0.39 is 40.6 Å². The number of aliphatic carboxylic acids is 4. The first-order chi connectivity index (χ1) is 11.8. The minimum atomic E-state index is -1.33. The standard InChI is InChI=1S/C18H22O8/c1-17(2,3)18(10-8-15(23)24,11-9-16(25)26)12(4-6-13(19)20)5-7-14(21)22/h4-12H,1-3H3,(H,19,20)(H,21,22)(H,23,24)(H,25,26)/b6-4?,7-5?,10-8+,11-9?. The first kappa shape index (κ1) is 22.8. The number of hydrogen-bond donors (Lipinski definition) is 4. The molecule has 0 fully saturated rings. The van der Waals surface area contributed by atoms with E-state index in [1.807, 2.05) is 0 Å². The van der Waals surface area contributed by atoms with Gasteiger partial charge >= 0.3 is 23.9 Å². The summed E-state index contributed by atoms with van der Waals surface area (Å²) in [6.07, 6.45) is 8.05. The molecule has 0 spiro atoms. The molecule has 0 saturated carbocycles. The Balaban J connectivity index is 6.72. The fourth-order valence-electron chi connectivity index (χ4n) is 2.45. The van der Waals surface area contributed by atoms with E-state index >= 15 is 0 Å². The molecule has 0 aliphatic rings. The molecule has 0 heterocycles. The summed E-state index contributed by atoms with van der Waals surface area (Å²) in [5.74, 6) is -6.09. The fourth-order valence-corrected chi connectivity index (χ4v) is 2.45. The van der Waals surface area contributed by atoms with Gasteiger partial charge in [-0.15, -0.1) is 0 Å². The van der Waals surface area contributed by atoms with Gasteiger partial charge in [0.15, 0.2) is 0 Å². The smallest absolute Gasteiger partial charge is 0.328 e. The zero-order valence-corrected chi connectivity index (χ0v) is 14.6. The van der Waals surface area contributed by atoms with Crippen LogP contribution in [0.15, 0.2) is 48.6 Å². The van der Waals surface area contributed by atoms with Gasteiger partial charge < -0.3 is 20.4 Å². The number of carboxylic acids is 4. The lowest BCUT2D eigenvalue weighted by atomic mass is 9.59. The summed E-state index contributed by atoms with van der Waals surface area (Å²) in [5.41, 5.74) is -2.14. The maximum atomic E-state index is 11.0. The molecular formula is C18H22O8. The van der Waals surface area contributed by atoms with E-state index in [-0.39, 0.29) is 0 Å². The SMILES string of the molecule is CC(C)(C)C(C=CC(=O)O)(/C=C/C(=O)O)C(C=CC(=O)O)C=CC(=O)O. The number of carboxylic acid groups (broad SMARTS) is 4. The number of carbonyl (C=O) groups is 4. The van der Waals surface area contributed by atoms with Crippen molar-refractivity contribution in [3.63, 3.8) is 0 Å². The van der Waals surface area contributed by atoms with Crippen molar-refractivity contribution in [1.29, 1.82) is 0 Å². The van der Waals surface area contributed by atoms with Crippen LogP contribution in [-0.2, 0) is 19.2 Å². The van der Waals surface area contributed by atoms with Gasteiger partial charge in [0.2, 0.25) is 0 Å². The van der Waals surface area contributed by atoms with Crippen molar-refractivity contribution < 1.29 is 39.6 Å². The summed E-state index contributed by atoms with van der Waals surface area (Å²) in [4.78, 5) is 43.8. The molecule has 0 saturated heterocycles. The van der Waals surface area contributed by atoms with E-state index in [0.29, 0.717) is 0 Å². The highest BCUT2D eigenvalue weighted by Gasteiger charge is 2.42. The topological polar surface area (TPSA) is 149 Å². The van der Waals surface area contributed by atoms with Crippen LogP contribution >= 0.6 is 0 Å². The van der Waals surface area contributed by atoms with Gasteiger partial charge in [-0.2, -0.15) is 0 Å². The highest BCUT2D eigenvalue weighted by Crippen LogP contribution is 2.49. The monoisotopic (exact) mass is 366 g/mol. The minimum absolute atomic E-state index is 0.792. The van der Waals surface area contributed by atoms with E-state index in [9.17, 15) is 19.2 Å². The Kier molecular flexibility index (Phi) is 8.22. The summed E-state index contributed by atoms with van der Waals surface area (Å²) in [6, 6.07) is 0. The van der Waals surface area contributed by atoms with Gasteiger partial charge in [-0.25, -0.2) is 19.2 Å².